The summed E-state index contributed by atoms with van der Waals surface area (Å²) in [6, 6.07) is 0. The molecule has 1 unspecified atom stereocenters. The third kappa shape index (κ3) is 7.08. The van der Waals surface area contributed by atoms with Crippen LogP contribution >= 0.6 is 0 Å². The fraction of sp³-hybridized carbons (Fsp3) is 0.929. The van der Waals surface area contributed by atoms with Crippen molar-refractivity contribution in [3.63, 3.8) is 0 Å². The van der Waals surface area contributed by atoms with Crippen LogP contribution in [0.1, 0.15) is 48.0 Å². The Hall–Kier alpha value is -0.393. The summed E-state index contributed by atoms with van der Waals surface area (Å²) < 4.78 is 11.3. The number of carbonyl (C=O) groups excluding carboxylic acids is 1. The summed E-state index contributed by atoms with van der Waals surface area (Å²) >= 11 is 0. The van der Waals surface area contributed by atoms with Gasteiger partial charge in [0.25, 0.3) is 0 Å². The van der Waals surface area contributed by atoms with Gasteiger partial charge >= 0.3 is 5.97 Å². The van der Waals surface area contributed by atoms with Gasteiger partial charge in [0, 0.05) is 0 Å². The maximum Gasteiger partial charge on any atom is 0.308 e. The van der Waals surface area contributed by atoms with Crippen molar-refractivity contribution in [2.24, 2.45) is 0 Å². The van der Waals surface area contributed by atoms with Gasteiger partial charge in [0.2, 0.25) is 0 Å². The van der Waals surface area contributed by atoms with E-state index in [1.54, 1.807) is 0 Å². The van der Waals surface area contributed by atoms with Crippen LogP contribution in [0.15, 0.2) is 0 Å². The quantitative estimate of drug-likeness (QED) is 0.624. The van der Waals surface area contributed by atoms with Crippen LogP contribution in [0.4, 0.5) is 0 Å². The summed E-state index contributed by atoms with van der Waals surface area (Å²) in [7, 11) is -1.98. The Bertz CT molecular complexity index is 300. The molecule has 0 amide bonds. The second-order valence-corrected chi connectivity index (χ2v) is 12.2. The van der Waals surface area contributed by atoms with Crippen LogP contribution in [0.3, 0.4) is 0 Å². The first-order valence-corrected chi connectivity index (χ1v) is 9.70. The zero-order valence-corrected chi connectivity index (χ0v) is 14.7. The molecule has 0 rings (SSSR count). The molecule has 1 N–H and O–H groups in total. The van der Waals surface area contributed by atoms with Gasteiger partial charge in [-0.2, -0.15) is 0 Å². The second kappa shape index (κ2) is 6.37. The lowest BCUT2D eigenvalue weighted by Crippen LogP contribution is -2.45. The molecule has 0 aromatic heterocycles. The van der Waals surface area contributed by atoms with E-state index in [-0.39, 0.29) is 24.0 Å². The molecular weight excluding hydrogens is 260 g/mol. The zero-order valence-electron chi connectivity index (χ0n) is 13.7. The highest BCUT2D eigenvalue weighted by atomic mass is 28.4. The maximum absolute atomic E-state index is 11.8. The normalized spacial score (nSPS) is 15.2. The molecule has 0 spiro atoms. The van der Waals surface area contributed by atoms with Crippen molar-refractivity contribution in [2.45, 2.75) is 77.8 Å². The van der Waals surface area contributed by atoms with E-state index >= 15 is 0 Å². The smallest absolute Gasteiger partial charge is 0.308 e. The summed E-state index contributed by atoms with van der Waals surface area (Å²) in [5, 5.41) is 9.44. The van der Waals surface area contributed by atoms with Crippen LogP contribution < -0.4 is 0 Å². The fourth-order valence-electron chi connectivity index (χ4n) is 1.31. The lowest BCUT2D eigenvalue weighted by molar-refractivity contribution is -0.157. The van der Waals surface area contributed by atoms with E-state index in [1.165, 1.54) is 0 Å². The Labute approximate surface area is 118 Å². The van der Waals surface area contributed by atoms with Gasteiger partial charge in [0.1, 0.15) is 5.60 Å². The van der Waals surface area contributed by atoms with Gasteiger partial charge < -0.3 is 14.3 Å². The standard InChI is InChI=1S/C14H30O4Si/c1-13(2,3)17-12(16)9-11(10-15)18-19(7,8)14(4,5)6/h11,15H,9-10H2,1-8H3. The molecule has 114 valence electrons. The van der Waals surface area contributed by atoms with Crippen molar-refractivity contribution < 1.29 is 19.1 Å². The molecule has 0 aromatic carbocycles. The van der Waals surface area contributed by atoms with Crippen LogP contribution in [-0.2, 0) is 14.0 Å². The molecule has 0 aromatic rings. The highest BCUT2D eigenvalue weighted by molar-refractivity contribution is 6.74. The van der Waals surface area contributed by atoms with Gasteiger partial charge in [-0.15, -0.1) is 0 Å². The van der Waals surface area contributed by atoms with Crippen molar-refractivity contribution in [2.75, 3.05) is 6.61 Å². The lowest BCUT2D eigenvalue weighted by atomic mass is 10.2. The molecule has 0 aliphatic heterocycles. The second-order valence-electron chi connectivity index (χ2n) is 7.47. The molecule has 0 aliphatic carbocycles. The van der Waals surface area contributed by atoms with E-state index in [4.69, 9.17) is 9.16 Å². The van der Waals surface area contributed by atoms with E-state index in [0.29, 0.717) is 0 Å². The molecule has 0 aliphatic rings. The fourth-order valence-corrected chi connectivity index (χ4v) is 2.65. The third-order valence-corrected chi connectivity index (χ3v) is 7.82. The van der Waals surface area contributed by atoms with Crippen LogP contribution in [0.25, 0.3) is 0 Å². The van der Waals surface area contributed by atoms with E-state index in [1.807, 2.05) is 20.8 Å². The summed E-state index contributed by atoms with van der Waals surface area (Å²) in [5.74, 6) is -0.328. The highest BCUT2D eigenvalue weighted by Crippen LogP contribution is 2.37. The number of hydrogen-bond donors (Lipinski definition) is 1. The molecule has 0 radical (unpaired) electrons. The number of carbonyl (C=O) groups is 1. The minimum Gasteiger partial charge on any atom is -0.460 e. The first-order chi connectivity index (χ1) is 8.28. The average molecular weight is 290 g/mol. The first kappa shape index (κ1) is 18.6. The third-order valence-electron chi connectivity index (χ3n) is 3.29. The van der Waals surface area contributed by atoms with Crippen molar-refractivity contribution >= 4 is 14.3 Å². The van der Waals surface area contributed by atoms with Crippen molar-refractivity contribution in [1.82, 2.24) is 0 Å². The molecule has 19 heavy (non-hydrogen) atoms. The number of rotatable bonds is 5. The first-order valence-electron chi connectivity index (χ1n) is 6.79. The molecule has 0 heterocycles. The molecule has 0 saturated carbocycles. The Kier molecular flexibility index (Phi) is 6.24. The minimum atomic E-state index is -1.98. The van der Waals surface area contributed by atoms with Crippen molar-refractivity contribution in [3.05, 3.63) is 0 Å². The van der Waals surface area contributed by atoms with E-state index in [2.05, 4.69) is 33.9 Å². The highest BCUT2D eigenvalue weighted by Gasteiger charge is 2.39. The largest absolute Gasteiger partial charge is 0.460 e. The van der Waals surface area contributed by atoms with Crippen LogP contribution in [0.5, 0.6) is 0 Å². The van der Waals surface area contributed by atoms with Gasteiger partial charge in [0.15, 0.2) is 8.32 Å². The SMILES string of the molecule is CC(C)(C)OC(=O)CC(CO)O[Si](C)(C)C(C)(C)C. The molecule has 5 heteroatoms. The van der Waals surface area contributed by atoms with Crippen LogP contribution in [0, 0.1) is 0 Å². The Balaban J connectivity index is 4.58. The number of esters is 1. The Morgan fingerprint density at radius 3 is 1.95 bits per heavy atom. The number of aliphatic hydroxyl groups is 1. The van der Waals surface area contributed by atoms with Gasteiger partial charge in [0.05, 0.1) is 19.1 Å². The molecule has 0 bridgehead atoms. The van der Waals surface area contributed by atoms with Gasteiger partial charge in [-0.25, -0.2) is 0 Å². The monoisotopic (exact) mass is 290 g/mol. The molecular formula is C14H30O4Si. The average Bonchev–Trinajstić information content (AvgIpc) is 2.11. The molecule has 4 nitrogen and oxygen atoms in total. The minimum absolute atomic E-state index is 0.0500. The van der Waals surface area contributed by atoms with Gasteiger partial charge in [-0.3, -0.25) is 4.79 Å². The number of ether oxygens (including phenoxy) is 1. The van der Waals surface area contributed by atoms with Gasteiger partial charge in [-0.05, 0) is 38.9 Å². The van der Waals surface area contributed by atoms with Gasteiger partial charge in [-0.1, -0.05) is 20.8 Å². The molecule has 1 atom stereocenters. The zero-order chi connectivity index (χ0) is 15.5. The summed E-state index contributed by atoms with van der Waals surface area (Å²) in [6.07, 6.45) is -0.379. The summed E-state index contributed by atoms with van der Waals surface area (Å²) in [6.45, 7) is 15.9. The predicted octanol–water partition coefficient (Wildman–Crippen LogP) is 3.10. The van der Waals surface area contributed by atoms with Crippen LogP contribution in [-0.4, -0.2) is 37.7 Å². The van der Waals surface area contributed by atoms with E-state index in [9.17, 15) is 9.90 Å². The molecule has 0 fully saturated rings. The van der Waals surface area contributed by atoms with Crippen molar-refractivity contribution in [3.8, 4) is 0 Å². The van der Waals surface area contributed by atoms with Crippen LogP contribution in [0.2, 0.25) is 18.1 Å². The Morgan fingerprint density at radius 1 is 1.16 bits per heavy atom. The lowest BCUT2D eigenvalue weighted by Gasteiger charge is -2.38. The summed E-state index contributed by atoms with van der Waals surface area (Å²) in [5.41, 5.74) is -0.506. The molecule has 0 saturated heterocycles. The maximum atomic E-state index is 11.8. The Morgan fingerprint density at radius 2 is 1.63 bits per heavy atom. The van der Waals surface area contributed by atoms with E-state index < -0.39 is 20.0 Å². The number of aliphatic hydroxyl groups excluding tert-OH is 1. The van der Waals surface area contributed by atoms with E-state index in [0.717, 1.165) is 0 Å². The summed E-state index contributed by atoms with van der Waals surface area (Å²) in [4.78, 5) is 11.8. The number of hydrogen-bond acceptors (Lipinski definition) is 4. The predicted molar refractivity (Wildman–Crippen MR) is 79.6 cm³/mol. The van der Waals surface area contributed by atoms with Crippen molar-refractivity contribution in [1.29, 1.82) is 0 Å². The topological polar surface area (TPSA) is 55.8 Å².